The third-order valence-corrected chi connectivity index (χ3v) is 4.43. The monoisotopic (exact) mass is 352 g/mol. The molecule has 0 saturated carbocycles. The molecule has 1 N–H and O–H groups in total. The fourth-order valence-corrected chi connectivity index (χ4v) is 2.63. The van der Waals surface area contributed by atoms with E-state index < -0.39 is 6.04 Å². The number of anilines is 1. The van der Waals surface area contributed by atoms with E-state index >= 15 is 0 Å². The van der Waals surface area contributed by atoms with Crippen LogP contribution in [0.3, 0.4) is 0 Å². The van der Waals surface area contributed by atoms with Crippen molar-refractivity contribution in [1.29, 1.82) is 5.26 Å². The first-order valence-corrected chi connectivity index (χ1v) is 7.22. The van der Waals surface area contributed by atoms with E-state index in [-0.39, 0.29) is 0 Å². The van der Waals surface area contributed by atoms with Crippen LogP contribution in [0.25, 0.3) is 0 Å². The molecule has 1 aromatic heterocycles. The highest BCUT2D eigenvalue weighted by Crippen LogP contribution is 2.29. The van der Waals surface area contributed by atoms with Crippen LogP contribution in [-0.2, 0) is 7.05 Å². The zero-order chi connectivity index (χ0) is 14.9. The second kappa shape index (κ2) is 5.86. The Morgan fingerprint density at radius 2 is 2.15 bits per heavy atom. The molecular weight excluding hydrogens is 340 g/mol. The summed E-state index contributed by atoms with van der Waals surface area (Å²) in [6.07, 6.45) is 0. The van der Waals surface area contributed by atoms with Gasteiger partial charge < -0.3 is 5.32 Å². The van der Waals surface area contributed by atoms with Crippen LogP contribution >= 0.6 is 27.5 Å². The van der Waals surface area contributed by atoms with Crippen molar-refractivity contribution < 1.29 is 0 Å². The van der Waals surface area contributed by atoms with Crippen molar-refractivity contribution in [2.75, 3.05) is 5.32 Å². The maximum absolute atomic E-state index is 9.44. The summed E-state index contributed by atoms with van der Waals surface area (Å²) in [6.45, 7) is 3.87. The first kappa shape index (κ1) is 14.9. The van der Waals surface area contributed by atoms with Gasteiger partial charge in [0.25, 0.3) is 0 Å². The molecule has 1 heterocycles. The van der Waals surface area contributed by atoms with E-state index in [1.165, 1.54) is 0 Å². The van der Waals surface area contributed by atoms with Gasteiger partial charge in [-0.3, -0.25) is 4.68 Å². The van der Waals surface area contributed by atoms with Gasteiger partial charge in [-0.25, -0.2) is 0 Å². The maximum Gasteiger partial charge on any atom is 0.143 e. The fourth-order valence-electron chi connectivity index (χ4n) is 2.13. The number of halogens is 2. The van der Waals surface area contributed by atoms with Gasteiger partial charge in [-0.05, 0) is 48.0 Å². The largest absolute Gasteiger partial charge is 0.366 e. The number of nitrogens with one attached hydrogen (secondary N) is 1. The van der Waals surface area contributed by atoms with E-state index in [2.05, 4.69) is 32.4 Å². The fraction of sp³-hybridized carbons (Fsp3) is 0.286. The Kier molecular flexibility index (Phi) is 4.36. The standard InChI is InChI=1S/C14H14BrClN4/c1-8-14(9(2)20(3)19-8)13(7-17)18-10-4-5-12(16)11(15)6-10/h4-6,13,18H,1-3H3. The van der Waals surface area contributed by atoms with Gasteiger partial charge in [0.1, 0.15) is 6.04 Å². The van der Waals surface area contributed by atoms with Crippen molar-refractivity contribution in [2.45, 2.75) is 19.9 Å². The molecule has 0 aliphatic carbocycles. The van der Waals surface area contributed by atoms with E-state index in [4.69, 9.17) is 11.6 Å². The second-order valence-corrected chi connectivity index (χ2v) is 5.80. The minimum Gasteiger partial charge on any atom is -0.366 e. The van der Waals surface area contributed by atoms with Gasteiger partial charge >= 0.3 is 0 Å². The zero-order valence-corrected chi connectivity index (χ0v) is 13.7. The lowest BCUT2D eigenvalue weighted by molar-refractivity contribution is 0.729. The minimum atomic E-state index is -0.447. The number of nitriles is 1. The molecule has 1 unspecified atom stereocenters. The summed E-state index contributed by atoms with van der Waals surface area (Å²) in [7, 11) is 1.87. The molecule has 0 amide bonds. The summed E-state index contributed by atoms with van der Waals surface area (Å²) in [6, 6.07) is 7.32. The van der Waals surface area contributed by atoms with Gasteiger partial charge in [-0.1, -0.05) is 11.6 Å². The highest BCUT2D eigenvalue weighted by atomic mass is 79.9. The van der Waals surface area contributed by atoms with Crippen molar-refractivity contribution >= 4 is 33.2 Å². The maximum atomic E-state index is 9.44. The molecule has 0 aliphatic rings. The Morgan fingerprint density at radius 3 is 2.65 bits per heavy atom. The Hall–Kier alpha value is -1.51. The van der Waals surface area contributed by atoms with Gasteiger partial charge in [0.2, 0.25) is 0 Å². The molecule has 0 radical (unpaired) electrons. The highest BCUT2D eigenvalue weighted by Gasteiger charge is 2.20. The van der Waals surface area contributed by atoms with Gasteiger partial charge in [0.15, 0.2) is 0 Å². The van der Waals surface area contributed by atoms with Crippen molar-refractivity contribution in [2.24, 2.45) is 7.05 Å². The molecule has 0 fully saturated rings. The smallest absolute Gasteiger partial charge is 0.143 e. The van der Waals surface area contributed by atoms with E-state index in [0.717, 1.165) is 27.1 Å². The molecule has 1 atom stereocenters. The SMILES string of the molecule is Cc1nn(C)c(C)c1C(C#N)Nc1ccc(Cl)c(Br)c1. The van der Waals surface area contributed by atoms with Crippen LogP contribution in [0.2, 0.25) is 5.02 Å². The molecule has 0 bridgehead atoms. The van der Waals surface area contributed by atoms with Crippen LogP contribution in [-0.4, -0.2) is 9.78 Å². The molecule has 6 heteroatoms. The summed E-state index contributed by atoms with van der Waals surface area (Å²) < 4.78 is 2.58. The molecule has 20 heavy (non-hydrogen) atoms. The number of rotatable bonds is 3. The van der Waals surface area contributed by atoms with Gasteiger partial charge in [0, 0.05) is 28.5 Å². The first-order valence-electron chi connectivity index (χ1n) is 6.05. The van der Waals surface area contributed by atoms with Gasteiger partial charge in [0.05, 0.1) is 16.8 Å². The van der Waals surface area contributed by atoms with Crippen LogP contribution in [0.1, 0.15) is 23.0 Å². The van der Waals surface area contributed by atoms with E-state index in [1.807, 2.05) is 33.0 Å². The molecule has 0 saturated heterocycles. The Bertz CT molecular complexity index is 687. The summed E-state index contributed by atoms with van der Waals surface area (Å²) in [5.74, 6) is 0. The third kappa shape index (κ3) is 2.82. The summed E-state index contributed by atoms with van der Waals surface area (Å²) >= 11 is 9.34. The van der Waals surface area contributed by atoms with Crippen LogP contribution in [0.5, 0.6) is 0 Å². The zero-order valence-electron chi connectivity index (χ0n) is 11.4. The lowest BCUT2D eigenvalue weighted by Gasteiger charge is -2.14. The lowest BCUT2D eigenvalue weighted by Crippen LogP contribution is -2.10. The Balaban J connectivity index is 2.34. The lowest BCUT2D eigenvalue weighted by atomic mass is 10.1. The summed E-state index contributed by atoms with van der Waals surface area (Å²) in [5.41, 5.74) is 3.59. The van der Waals surface area contributed by atoms with Crippen molar-refractivity contribution in [3.05, 3.63) is 44.6 Å². The topological polar surface area (TPSA) is 53.6 Å². The molecule has 2 aromatic rings. The molecular formula is C14H14BrClN4. The normalized spacial score (nSPS) is 12.0. The van der Waals surface area contributed by atoms with Crippen LogP contribution in [0.4, 0.5) is 5.69 Å². The van der Waals surface area contributed by atoms with Crippen LogP contribution < -0.4 is 5.32 Å². The molecule has 0 spiro atoms. The number of aromatic nitrogens is 2. The van der Waals surface area contributed by atoms with Crippen LogP contribution in [0, 0.1) is 25.2 Å². The third-order valence-electron chi connectivity index (χ3n) is 3.21. The molecule has 104 valence electrons. The van der Waals surface area contributed by atoms with E-state index in [0.29, 0.717) is 5.02 Å². The molecule has 1 aromatic carbocycles. The first-order chi connectivity index (χ1) is 9.43. The summed E-state index contributed by atoms with van der Waals surface area (Å²) in [5, 5.41) is 17.6. The van der Waals surface area contributed by atoms with Crippen LogP contribution in [0.15, 0.2) is 22.7 Å². The van der Waals surface area contributed by atoms with E-state index in [9.17, 15) is 5.26 Å². The average Bonchev–Trinajstić information content (AvgIpc) is 2.65. The molecule has 0 aliphatic heterocycles. The Labute approximate surface area is 131 Å². The Morgan fingerprint density at radius 1 is 1.45 bits per heavy atom. The van der Waals surface area contributed by atoms with Crippen molar-refractivity contribution in [1.82, 2.24) is 9.78 Å². The number of aryl methyl sites for hydroxylation is 2. The molecule has 4 nitrogen and oxygen atoms in total. The quantitative estimate of drug-likeness (QED) is 0.902. The predicted molar refractivity (Wildman–Crippen MR) is 83.8 cm³/mol. The summed E-state index contributed by atoms with van der Waals surface area (Å²) in [4.78, 5) is 0. The number of benzene rings is 1. The highest BCUT2D eigenvalue weighted by molar-refractivity contribution is 9.10. The number of hydrogen-bond donors (Lipinski definition) is 1. The number of nitrogens with zero attached hydrogens (tertiary/aromatic N) is 3. The van der Waals surface area contributed by atoms with Gasteiger partial charge in [-0.2, -0.15) is 10.4 Å². The minimum absolute atomic E-state index is 0.447. The number of hydrogen-bond acceptors (Lipinski definition) is 3. The van der Waals surface area contributed by atoms with Crippen molar-refractivity contribution in [3.63, 3.8) is 0 Å². The van der Waals surface area contributed by atoms with Gasteiger partial charge in [-0.15, -0.1) is 0 Å². The van der Waals surface area contributed by atoms with Crippen molar-refractivity contribution in [3.8, 4) is 6.07 Å². The average molecular weight is 354 g/mol. The second-order valence-electron chi connectivity index (χ2n) is 4.54. The van der Waals surface area contributed by atoms with E-state index in [1.54, 1.807) is 10.7 Å². The predicted octanol–water partition coefficient (Wildman–Crippen LogP) is 4.13. The molecule has 2 rings (SSSR count).